The molecule has 0 aliphatic carbocycles. The van der Waals surface area contributed by atoms with E-state index in [1.54, 1.807) is 16.7 Å². The maximum atomic E-state index is 2.52. The molecular formula is C27H26S6. The zero-order valence-corrected chi connectivity index (χ0v) is 23.7. The fraction of sp³-hybridized carbons (Fsp3) is 0.333. The largest absolute Gasteiger partial charge is 0.0890 e. The summed E-state index contributed by atoms with van der Waals surface area (Å²) in [5.74, 6) is 7.25. The van der Waals surface area contributed by atoms with Crippen LogP contribution in [0.2, 0.25) is 0 Å². The maximum Gasteiger partial charge on any atom is 0.0298 e. The summed E-state index contributed by atoms with van der Waals surface area (Å²) in [6.45, 7) is 4.65. The van der Waals surface area contributed by atoms with Crippen LogP contribution < -0.4 is 0 Å². The number of hydrogen-bond donors (Lipinski definition) is 0. The third-order valence-electron chi connectivity index (χ3n) is 6.72. The Labute approximate surface area is 221 Å². The van der Waals surface area contributed by atoms with Gasteiger partial charge in [0.15, 0.2) is 0 Å². The van der Waals surface area contributed by atoms with Crippen molar-refractivity contribution in [3.05, 3.63) is 81.4 Å². The molecule has 3 aromatic carbocycles. The number of rotatable bonds is 3. The molecule has 0 bridgehead atoms. The highest BCUT2D eigenvalue weighted by Gasteiger charge is 2.22. The molecule has 3 aliphatic rings. The third kappa shape index (κ3) is 4.65. The summed E-state index contributed by atoms with van der Waals surface area (Å²) in [5.41, 5.74) is 16.5. The van der Waals surface area contributed by atoms with Gasteiger partial charge in [-0.1, -0.05) is 103 Å². The van der Waals surface area contributed by atoms with Gasteiger partial charge in [-0.05, 0) is 85.3 Å². The smallest absolute Gasteiger partial charge is 0.0298 e. The predicted octanol–water partition coefficient (Wildman–Crippen LogP) is 10.3. The molecule has 170 valence electrons. The molecule has 33 heavy (non-hydrogen) atoms. The normalized spacial score (nSPS) is 17.4. The van der Waals surface area contributed by atoms with E-state index in [-0.39, 0.29) is 0 Å². The summed E-state index contributed by atoms with van der Waals surface area (Å²) in [7, 11) is 12.0. The van der Waals surface area contributed by atoms with Crippen molar-refractivity contribution in [1.29, 1.82) is 0 Å². The molecule has 0 unspecified atom stereocenters. The fourth-order valence-electron chi connectivity index (χ4n) is 4.78. The van der Waals surface area contributed by atoms with Gasteiger partial charge in [0.05, 0.1) is 0 Å². The van der Waals surface area contributed by atoms with Crippen LogP contribution in [0.5, 0.6) is 0 Å². The Kier molecular flexibility index (Phi) is 7.04. The molecule has 0 atom stereocenters. The highest BCUT2D eigenvalue weighted by molar-refractivity contribution is 8.76. The summed E-state index contributed by atoms with van der Waals surface area (Å²) in [6, 6.07) is 17.3. The number of benzene rings is 3. The monoisotopic (exact) mass is 542 g/mol. The van der Waals surface area contributed by atoms with Gasteiger partial charge in [-0.2, -0.15) is 0 Å². The van der Waals surface area contributed by atoms with Gasteiger partial charge in [-0.15, -0.1) is 0 Å². The maximum absolute atomic E-state index is 2.52. The Hall–Kier alpha value is -0.240. The van der Waals surface area contributed by atoms with Gasteiger partial charge in [-0.3, -0.25) is 0 Å². The molecule has 0 fully saturated rings. The molecule has 0 nitrogen and oxygen atoms in total. The predicted molar refractivity (Wildman–Crippen MR) is 159 cm³/mol. The van der Waals surface area contributed by atoms with Crippen molar-refractivity contribution in [3.63, 3.8) is 0 Å². The van der Waals surface area contributed by atoms with E-state index >= 15 is 0 Å². The standard InChI is InChI=1S/C27H26S6/c1-16(2)19-6-22-12-30-33-15-27(22)25(8-19)20-7-23-13-31-32-14-26(23)24(9-20)17-3-4-18-10-28-29-11-21(18)5-17/h3-9,16H,10-15H2,1-2H3. The molecule has 0 saturated heterocycles. The molecule has 6 heteroatoms. The van der Waals surface area contributed by atoms with Crippen molar-refractivity contribution in [3.8, 4) is 22.3 Å². The Balaban J connectivity index is 1.54. The molecular weight excluding hydrogens is 517 g/mol. The van der Waals surface area contributed by atoms with E-state index in [9.17, 15) is 0 Å². The van der Waals surface area contributed by atoms with Crippen molar-refractivity contribution < 1.29 is 0 Å². The van der Waals surface area contributed by atoms with Crippen LogP contribution >= 0.6 is 64.8 Å². The van der Waals surface area contributed by atoms with E-state index in [0.717, 1.165) is 34.5 Å². The first-order chi connectivity index (χ1) is 16.2. The highest BCUT2D eigenvalue weighted by atomic mass is 33.1. The van der Waals surface area contributed by atoms with Crippen LogP contribution in [0.3, 0.4) is 0 Å². The minimum Gasteiger partial charge on any atom is -0.0890 e. The van der Waals surface area contributed by atoms with E-state index < -0.39 is 0 Å². The first-order valence-corrected chi connectivity index (χ1v) is 18.8. The summed E-state index contributed by atoms with van der Waals surface area (Å²) in [6.07, 6.45) is 0. The first-order valence-electron chi connectivity index (χ1n) is 11.3. The van der Waals surface area contributed by atoms with Gasteiger partial charge in [0.25, 0.3) is 0 Å². The van der Waals surface area contributed by atoms with Crippen LogP contribution in [0, 0.1) is 0 Å². The van der Waals surface area contributed by atoms with Gasteiger partial charge in [0.2, 0.25) is 0 Å². The zero-order valence-electron chi connectivity index (χ0n) is 18.8. The van der Waals surface area contributed by atoms with Gasteiger partial charge in [0.1, 0.15) is 0 Å². The quantitative estimate of drug-likeness (QED) is 0.300. The van der Waals surface area contributed by atoms with Crippen molar-refractivity contribution in [1.82, 2.24) is 0 Å². The molecule has 0 radical (unpaired) electrons. The van der Waals surface area contributed by atoms with Gasteiger partial charge in [-0.25, -0.2) is 0 Å². The zero-order chi connectivity index (χ0) is 22.4. The van der Waals surface area contributed by atoms with Crippen LogP contribution in [0.4, 0.5) is 0 Å². The average Bonchev–Trinajstić information content (AvgIpc) is 2.87. The Morgan fingerprint density at radius 3 is 1.76 bits per heavy atom. The molecule has 6 rings (SSSR count). The third-order valence-corrected chi connectivity index (χ3v) is 13.4. The van der Waals surface area contributed by atoms with Gasteiger partial charge >= 0.3 is 0 Å². The molecule has 3 aromatic rings. The fourth-order valence-corrected chi connectivity index (χ4v) is 11.5. The number of fused-ring (bicyclic) bond motifs is 3. The Morgan fingerprint density at radius 1 is 0.515 bits per heavy atom. The van der Waals surface area contributed by atoms with Crippen molar-refractivity contribution >= 4 is 64.8 Å². The van der Waals surface area contributed by atoms with E-state index in [0.29, 0.717) is 5.92 Å². The highest BCUT2D eigenvalue weighted by Crippen LogP contribution is 2.47. The van der Waals surface area contributed by atoms with Crippen molar-refractivity contribution in [2.75, 3.05) is 0 Å². The summed E-state index contributed by atoms with van der Waals surface area (Å²) in [4.78, 5) is 0. The molecule has 0 aromatic heterocycles. The van der Waals surface area contributed by atoms with Crippen molar-refractivity contribution in [2.45, 2.75) is 54.3 Å². The number of hydrogen-bond acceptors (Lipinski definition) is 6. The van der Waals surface area contributed by atoms with Crippen LogP contribution in [-0.2, 0) is 34.5 Å². The topological polar surface area (TPSA) is 0 Å². The summed E-state index contributed by atoms with van der Waals surface area (Å²) < 4.78 is 0. The van der Waals surface area contributed by atoms with Crippen LogP contribution in [-0.4, -0.2) is 0 Å². The minimum atomic E-state index is 0.550. The first kappa shape index (κ1) is 23.2. The van der Waals surface area contributed by atoms with E-state index in [1.807, 2.05) is 64.8 Å². The van der Waals surface area contributed by atoms with Crippen LogP contribution in [0.25, 0.3) is 22.3 Å². The van der Waals surface area contributed by atoms with Gasteiger partial charge in [0, 0.05) is 34.5 Å². The lowest BCUT2D eigenvalue weighted by molar-refractivity contribution is 0.864. The van der Waals surface area contributed by atoms with Gasteiger partial charge < -0.3 is 0 Å². The second kappa shape index (κ2) is 10.0. The SMILES string of the molecule is CC(C)c1cc2c(c(-c3cc4c(c(-c5ccc6c(c5)CSSC6)c3)CSSC4)c1)CSSC2. The summed E-state index contributed by atoms with van der Waals surface area (Å²) in [5, 5.41) is 0. The lowest BCUT2D eigenvalue weighted by Gasteiger charge is -2.25. The second-order valence-electron chi connectivity index (χ2n) is 9.08. The minimum absolute atomic E-state index is 0.550. The Morgan fingerprint density at radius 2 is 1.06 bits per heavy atom. The van der Waals surface area contributed by atoms with Crippen molar-refractivity contribution in [2.24, 2.45) is 0 Å². The Bertz CT molecular complexity index is 1220. The van der Waals surface area contributed by atoms with Crippen LogP contribution in [0.15, 0.2) is 42.5 Å². The van der Waals surface area contributed by atoms with E-state index in [4.69, 9.17) is 0 Å². The molecule has 0 amide bonds. The molecule has 3 aliphatic heterocycles. The lowest BCUT2D eigenvalue weighted by Crippen LogP contribution is -2.04. The molecule has 0 saturated carbocycles. The average molecular weight is 543 g/mol. The second-order valence-corrected chi connectivity index (χ2v) is 16.5. The molecule has 3 heterocycles. The summed E-state index contributed by atoms with van der Waals surface area (Å²) >= 11 is 0. The van der Waals surface area contributed by atoms with E-state index in [1.165, 1.54) is 44.5 Å². The van der Waals surface area contributed by atoms with Crippen LogP contribution in [0.1, 0.15) is 58.7 Å². The lowest BCUT2D eigenvalue weighted by atomic mass is 9.86. The molecule has 0 spiro atoms. The van der Waals surface area contributed by atoms with E-state index in [2.05, 4.69) is 56.3 Å². The molecule has 0 N–H and O–H groups in total.